The topological polar surface area (TPSA) is 106 Å². The van der Waals surface area contributed by atoms with Crippen LogP contribution in [0.3, 0.4) is 0 Å². The third-order valence-electron chi connectivity index (χ3n) is 6.17. The summed E-state index contributed by atoms with van der Waals surface area (Å²) in [4.78, 5) is 46.8. The first kappa shape index (κ1) is 21.7. The molecule has 0 bridgehead atoms. The number of piperazine rings is 1. The third kappa shape index (κ3) is 4.02. The Hall–Kier alpha value is -4.08. The van der Waals surface area contributed by atoms with Gasteiger partial charge in [0.15, 0.2) is 11.5 Å². The number of anilines is 1. The van der Waals surface area contributed by atoms with Gasteiger partial charge in [-0.25, -0.2) is 4.98 Å². The van der Waals surface area contributed by atoms with E-state index in [1.807, 2.05) is 29.7 Å². The standard InChI is InChI=1S/C24H25N5O5/c1-2-27-14-17(23(31)16-11-19-20(12-18(16)27)34-15-33-19)24(32)26-13-22(30)29-9-7-28(8-10-29)21-5-3-4-6-25-21/h3-6,11-12,14H,2,7-10,13,15H2,1H3,(H,26,32). The minimum absolute atomic E-state index is 0.0130. The van der Waals surface area contributed by atoms with Gasteiger partial charge >= 0.3 is 0 Å². The zero-order valence-corrected chi connectivity index (χ0v) is 18.8. The Kier molecular flexibility index (Phi) is 5.79. The fourth-order valence-corrected chi connectivity index (χ4v) is 4.29. The predicted molar refractivity (Wildman–Crippen MR) is 125 cm³/mol. The zero-order chi connectivity index (χ0) is 23.7. The first-order chi connectivity index (χ1) is 16.5. The molecule has 0 atom stereocenters. The van der Waals surface area contributed by atoms with E-state index in [4.69, 9.17) is 9.47 Å². The molecule has 2 aliphatic rings. The molecule has 1 fully saturated rings. The van der Waals surface area contributed by atoms with Crippen LogP contribution in [0.5, 0.6) is 11.5 Å². The highest BCUT2D eigenvalue weighted by molar-refractivity contribution is 5.99. The smallest absolute Gasteiger partial charge is 0.257 e. The molecular formula is C24H25N5O5. The molecule has 10 nitrogen and oxygen atoms in total. The second-order valence-electron chi connectivity index (χ2n) is 8.12. The lowest BCUT2D eigenvalue weighted by Crippen LogP contribution is -2.51. The van der Waals surface area contributed by atoms with E-state index in [1.54, 1.807) is 23.2 Å². The summed E-state index contributed by atoms with van der Waals surface area (Å²) >= 11 is 0. The Labute approximate surface area is 195 Å². The van der Waals surface area contributed by atoms with Gasteiger partial charge in [0, 0.05) is 51.2 Å². The third-order valence-corrected chi connectivity index (χ3v) is 6.17. The second kappa shape index (κ2) is 9.05. The SMILES string of the molecule is CCn1cc(C(=O)NCC(=O)N2CCN(c3ccccn3)CC2)c(=O)c2cc3c(cc21)OCO3. The van der Waals surface area contributed by atoms with Crippen LogP contribution in [0.1, 0.15) is 17.3 Å². The summed E-state index contributed by atoms with van der Waals surface area (Å²) in [6.45, 7) is 4.80. The number of carbonyl (C=O) groups excluding carboxylic acids is 2. The van der Waals surface area contributed by atoms with Crippen LogP contribution in [0.2, 0.25) is 0 Å². The van der Waals surface area contributed by atoms with Gasteiger partial charge in [-0.2, -0.15) is 0 Å². The molecular weight excluding hydrogens is 438 g/mol. The van der Waals surface area contributed by atoms with E-state index < -0.39 is 11.3 Å². The molecule has 0 aliphatic carbocycles. The molecule has 1 aromatic carbocycles. The largest absolute Gasteiger partial charge is 0.454 e. The Morgan fingerprint density at radius 3 is 2.56 bits per heavy atom. The van der Waals surface area contributed by atoms with Crippen LogP contribution in [0, 0.1) is 0 Å². The number of ether oxygens (including phenoxy) is 2. The Morgan fingerprint density at radius 1 is 1.09 bits per heavy atom. The van der Waals surface area contributed by atoms with Gasteiger partial charge in [-0.15, -0.1) is 0 Å². The molecule has 176 valence electrons. The molecule has 1 saturated heterocycles. The molecule has 0 saturated carbocycles. The minimum Gasteiger partial charge on any atom is -0.454 e. The summed E-state index contributed by atoms with van der Waals surface area (Å²) in [5, 5.41) is 2.99. The number of nitrogens with one attached hydrogen (secondary N) is 1. The monoisotopic (exact) mass is 463 g/mol. The summed E-state index contributed by atoms with van der Waals surface area (Å²) < 4.78 is 12.6. The zero-order valence-electron chi connectivity index (χ0n) is 18.8. The number of pyridine rings is 2. The van der Waals surface area contributed by atoms with E-state index in [-0.39, 0.29) is 24.8 Å². The van der Waals surface area contributed by atoms with E-state index in [2.05, 4.69) is 15.2 Å². The molecule has 2 amide bonds. The number of benzene rings is 1. The van der Waals surface area contributed by atoms with Crippen molar-refractivity contribution in [3.63, 3.8) is 0 Å². The summed E-state index contributed by atoms with van der Waals surface area (Å²) in [5.41, 5.74) is 0.239. The number of rotatable bonds is 5. The Morgan fingerprint density at radius 2 is 1.85 bits per heavy atom. The number of aryl methyl sites for hydroxylation is 1. The molecule has 10 heteroatoms. The quantitative estimate of drug-likeness (QED) is 0.607. The van der Waals surface area contributed by atoms with E-state index in [0.29, 0.717) is 55.1 Å². The number of hydrogen-bond acceptors (Lipinski definition) is 7. The van der Waals surface area contributed by atoms with Crippen LogP contribution in [-0.4, -0.2) is 65.8 Å². The maximum Gasteiger partial charge on any atom is 0.257 e. The summed E-state index contributed by atoms with van der Waals surface area (Å²) in [6, 6.07) is 9.10. The highest BCUT2D eigenvalue weighted by Crippen LogP contribution is 2.35. The van der Waals surface area contributed by atoms with Crippen molar-refractivity contribution in [3.8, 4) is 11.5 Å². The van der Waals surface area contributed by atoms with Gasteiger partial charge in [0.25, 0.3) is 5.91 Å². The van der Waals surface area contributed by atoms with Crippen molar-refractivity contribution >= 4 is 28.5 Å². The van der Waals surface area contributed by atoms with Gasteiger partial charge in [0.2, 0.25) is 18.1 Å². The first-order valence-electron chi connectivity index (χ1n) is 11.2. The van der Waals surface area contributed by atoms with Crippen LogP contribution in [-0.2, 0) is 11.3 Å². The summed E-state index contributed by atoms with van der Waals surface area (Å²) in [5.74, 6) is 1.17. The number of carbonyl (C=O) groups is 2. The lowest BCUT2D eigenvalue weighted by atomic mass is 10.1. The maximum absolute atomic E-state index is 13.1. The van der Waals surface area contributed by atoms with Crippen molar-refractivity contribution in [2.75, 3.05) is 44.4 Å². The van der Waals surface area contributed by atoms with Crippen LogP contribution < -0.4 is 25.1 Å². The van der Waals surface area contributed by atoms with Gasteiger partial charge in [0.05, 0.1) is 17.4 Å². The molecule has 4 heterocycles. The van der Waals surface area contributed by atoms with E-state index >= 15 is 0 Å². The lowest BCUT2D eigenvalue weighted by molar-refractivity contribution is -0.130. The average molecular weight is 463 g/mol. The van der Waals surface area contributed by atoms with Crippen LogP contribution >= 0.6 is 0 Å². The summed E-state index contributed by atoms with van der Waals surface area (Å²) in [7, 11) is 0. The minimum atomic E-state index is -0.577. The molecule has 2 aliphatic heterocycles. The lowest BCUT2D eigenvalue weighted by Gasteiger charge is -2.35. The average Bonchev–Trinajstić information content (AvgIpc) is 3.35. The van der Waals surface area contributed by atoms with Crippen molar-refractivity contribution in [1.82, 2.24) is 19.8 Å². The van der Waals surface area contributed by atoms with Crippen LogP contribution in [0.4, 0.5) is 5.82 Å². The van der Waals surface area contributed by atoms with Crippen molar-refractivity contribution in [3.05, 3.63) is 58.5 Å². The van der Waals surface area contributed by atoms with Crippen LogP contribution in [0.25, 0.3) is 10.9 Å². The molecule has 3 aromatic rings. The predicted octanol–water partition coefficient (Wildman–Crippen LogP) is 1.22. The fourth-order valence-electron chi connectivity index (χ4n) is 4.29. The van der Waals surface area contributed by atoms with Crippen molar-refractivity contribution in [1.29, 1.82) is 0 Å². The second-order valence-corrected chi connectivity index (χ2v) is 8.12. The number of fused-ring (bicyclic) bond motifs is 2. The number of amides is 2. The highest BCUT2D eigenvalue weighted by atomic mass is 16.7. The van der Waals surface area contributed by atoms with Gasteiger partial charge < -0.3 is 29.2 Å². The Balaban J connectivity index is 1.26. The van der Waals surface area contributed by atoms with Crippen molar-refractivity contribution in [2.24, 2.45) is 0 Å². The molecule has 5 rings (SSSR count). The molecule has 2 aromatic heterocycles. The van der Waals surface area contributed by atoms with Gasteiger partial charge in [-0.1, -0.05) is 6.07 Å². The van der Waals surface area contributed by atoms with Crippen molar-refractivity contribution in [2.45, 2.75) is 13.5 Å². The normalized spacial score (nSPS) is 15.0. The van der Waals surface area contributed by atoms with E-state index in [1.165, 1.54) is 6.20 Å². The first-order valence-corrected chi connectivity index (χ1v) is 11.2. The molecule has 0 spiro atoms. The molecule has 34 heavy (non-hydrogen) atoms. The van der Waals surface area contributed by atoms with E-state index in [9.17, 15) is 14.4 Å². The summed E-state index contributed by atoms with van der Waals surface area (Å²) in [6.07, 6.45) is 3.27. The maximum atomic E-state index is 13.1. The van der Waals surface area contributed by atoms with Crippen molar-refractivity contribution < 1.29 is 19.1 Å². The molecule has 0 unspecified atom stereocenters. The van der Waals surface area contributed by atoms with Crippen LogP contribution in [0.15, 0.2) is 47.5 Å². The highest BCUT2D eigenvalue weighted by Gasteiger charge is 2.24. The van der Waals surface area contributed by atoms with Gasteiger partial charge in [-0.05, 0) is 25.1 Å². The molecule has 0 radical (unpaired) electrons. The number of aromatic nitrogens is 2. The molecule has 1 N–H and O–H groups in total. The van der Waals surface area contributed by atoms with E-state index in [0.717, 1.165) is 5.82 Å². The van der Waals surface area contributed by atoms with Gasteiger partial charge in [0.1, 0.15) is 11.4 Å². The fraction of sp³-hybridized carbons (Fsp3) is 0.333. The number of hydrogen-bond donors (Lipinski definition) is 1. The number of nitrogens with zero attached hydrogens (tertiary/aromatic N) is 4. The van der Waals surface area contributed by atoms with Gasteiger partial charge in [-0.3, -0.25) is 14.4 Å². The Bertz CT molecular complexity index is 1300.